The summed E-state index contributed by atoms with van der Waals surface area (Å²) in [4.78, 5) is 28.2. The molecule has 0 aliphatic carbocycles. The average Bonchev–Trinajstić information content (AvgIpc) is 3.24. The first-order chi connectivity index (χ1) is 14.2. The number of hydrogen-bond acceptors (Lipinski definition) is 6. The van der Waals surface area contributed by atoms with Crippen LogP contribution < -0.4 is 10.9 Å². The van der Waals surface area contributed by atoms with E-state index in [1.54, 1.807) is 12.4 Å². The molecule has 7 heteroatoms. The van der Waals surface area contributed by atoms with Crippen molar-refractivity contribution in [3.8, 4) is 0 Å². The highest BCUT2D eigenvalue weighted by Crippen LogP contribution is 2.32. The van der Waals surface area contributed by atoms with Crippen LogP contribution in [0.4, 0.5) is 0 Å². The molecule has 2 aromatic rings. The molecule has 2 fully saturated rings. The summed E-state index contributed by atoms with van der Waals surface area (Å²) in [5, 5.41) is 0. The van der Waals surface area contributed by atoms with Crippen molar-refractivity contribution in [2.24, 2.45) is 5.92 Å². The standard InChI is InChI=1S/C22H30N6O/c1-3-4-20-24-10-6-19(26-20)18-14-25-27-21(18)16-7-11-28(12-8-16)22(29)17-5-9-23-13-15(17)2/h5-6,9-10,13,16,18,21,25,27H,3-4,7-8,11-12,14H2,1-2H3. The summed E-state index contributed by atoms with van der Waals surface area (Å²) in [5.74, 6) is 1.91. The summed E-state index contributed by atoms with van der Waals surface area (Å²) in [5.41, 5.74) is 9.65. The second-order valence-electron chi connectivity index (χ2n) is 8.13. The maximum Gasteiger partial charge on any atom is 0.254 e. The van der Waals surface area contributed by atoms with E-state index < -0.39 is 0 Å². The first-order valence-corrected chi connectivity index (χ1v) is 10.7. The van der Waals surface area contributed by atoms with E-state index >= 15 is 0 Å². The second-order valence-corrected chi connectivity index (χ2v) is 8.13. The molecule has 4 rings (SSSR count). The van der Waals surface area contributed by atoms with Crippen molar-refractivity contribution in [1.82, 2.24) is 30.7 Å². The van der Waals surface area contributed by atoms with Crippen LogP contribution in [0.1, 0.15) is 59.5 Å². The number of rotatable bonds is 5. The highest BCUT2D eigenvalue weighted by Gasteiger charge is 2.37. The third-order valence-corrected chi connectivity index (χ3v) is 6.19. The Hall–Kier alpha value is -2.38. The first kappa shape index (κ1) is 19.9. The number of carbonyl (C=O) groups is 1. The smallest absolute Gasteiger partial charge is 0.254 e. The third kappa shape index (κ3) is 4.31. The number of piperidine rings is 1. The molecule has 2 aliphatic heterocycles. The van der Waals surface area contributed by atoms with Gasteiger partial charge in [0.15, 0.2) is 0 Å². The fourth-order valence-electron chi connectivity index (χ4n) is 4.56. The van der Waals surface area contributed by atoms with Gasteiger partial charge in [0.2, 0.25) is 0 Å². The van der Waals surface area contributed by atoms with Crippen LogP contribution in [0.2, 0.25) is 0 Å². The Morgan fingerprint density at radius 3 is 2.83 bits per heavy atom. The molecule has 2 N–H and O–H groups in total. The van der Waals surface area contributed by atoms with E-state index in [2.05, 4.69) is 33.8 Å². The van der Waals surface area contributed by atoms with Crippen molar-refractivity contribution in [3.63, 3.8) is 0 Å². The maximum absolute atomic E-state index is 12.9. The fourth-order valence-corrected chi connectivity index (χ4v) is 4.56. The Morgan fingerprint density at radius 1 is 1.24 bits per heavy atom. The average molecular weight is 395 g/mol. The molecule has 2 aliphatic rings. The molecule has 154 valence electrons. The van der Waals surface area contributed by atoms with Crippen LogP contribution in [-0.2, 0) is 6.42 Å². The van der Waals surface area contributed by atoms with Gasteiger partial charge in [0.05, 0.1) is 5.69 Å². The lowest BCUT2D eigenvalue weighted by molar-refractivity contribution is 0.0669. The van der Waals surface area contributed by atoms with Crippen LogP contribution in [0.25, 0.3) is 0 Å². The number of likely N-dealkylation sites (tertiary alicyclic amines) is 1. The molecule has 0 aromatic carbocycles. The Kier molecular flexibility index (Phi) is 6.16. The molecule has 2 saturated heterocycles. The zero-order valence-electron chi connectivity index (χ0n) is 17.3. The minimum atomic E-state index is 0.123. The zero-order chi connectivity index (χ0) is 20.2. The molecule has 7 nitrogen and oxygen atoms in total. The number of nitrogens with zero attached hydrogens (tertiary/aromatic N) is 4. The molecule has 0 radical (unpaired) electrons. The number of pyridine rings is 1. The molecule has 2 atom stereocenters. The third-order valence-electron chi connectivity index (χ3n) is 6.19. The quantitative estimate of drug-likeness (QED) is 0.809. The molecule has 0 bridgehead atoms. The van der Waals surface area contributed by atoms with E-state index in [-0.39, 0.29) is 5.91 Å². The number of carbonyl (C=O) groups excluding carboxylic acids is 1. The Labute approximate surface area is 172 Å². The van der Waals surface area contributed by atoms with Crippen molar-refractivity contribution >= 4 is 5.91 Å². The van der Waals surface area contributed by atoms with Gasteiger partial charge in [-0.3, -0.25) is 20.6 Å². The Morgan fingerprint density at radius 2 is 2.07 bits per heavy atom. The van der Waals surface area contributed by atoms with Crippen LogP contribution >= 0.6 is 0 Å². The molecule has 4 heterocycles. The van der Waals surface area contributed by atoms with Crippen LogP contribution in [0.15, 0.2) is 30.7 Å². The first-order valence-electron chi connectivity index (χ1n) is 10.7. The zero-order valence-corrected chi connectivity index (χ0v) is 17.3. The molecule has 0 spiro atoms. The van der Waals surface area contributed by atoms with E-state index in [4.69, 9.17) is 4.98 Å². The molecular formula is C22H30N6O. The summed E-state index contributed by atoms with van der Waals surface area (Å²) in [7, 11) is 0. The predicted octanol–water partition coefficient (Wildman–Crippen LogP) is 2.24. The maximum atomic E-state index is 12.9. The van der Waals surface area contributed by atoms with Crippen LogP contribution in [0.5, 0.6) is 0 Å². The van der Waals surface area contributed by atoms with Crippen molar-refractivity contribution in [1.29, 1.82) is 0 Å². The van der Waals surface area contributed by atoms with E-state index in [0.717, 1.165) is 68.0 Å². The molecule has 0 saturated carbocycles. The summed E-state index contributed by atoms with van der Waals surface area (Å²) in [6.45, 7) is 6.56. The SMILES string of the molecule is CCCc1nccc(C2CNNC2C2CCN(C(=O)c3ccncc3C)CC2)n1. The van der Waals surface area contributed by atoms with Crippen molar-refractivity contribution in [2.45, 2.75) is 51.5 Å². The normalized spacial score (nSPS) is 22.8. The van der Waals surface area contributed by atoms with Crippen LogP contribution in [0, 0.1) is 12.8 Å². The van der Waals surface area contributed by atoms with Gasteiger partial charge in [-0.05, 0) is 49.8 Å². The summed E-state index contributed by atoms with van der Waals surface area (Å²) < 4.78 is 0. The van der Waals surface area contributed by atoms with Gasteiger partial charge in [-0.2, -0.15) is 0 Å². The van der Waals surface area contributed by atoms with Gasteiger partial charge in [-0.25, -0.2) is 9.97 Å². The number of aromatic nitrogens is 3. The Balaban J connectivity index is 1.41. The predicted molar refractivity (Wildman–Crippen MR) is 111 cm³/mol. The number of amides is 1. The van der Waals surface area contributed by atoms with Gasteiger partial charge in [0.1, 0.15) is 5.82 Å². The van der Waals surface area contributed by atoms with Gasteiger partial charge in [0, 0.05) is 62.2 Å². The number of hydrogen-bond donors (Lipinski definition) is 2. The van der Waals surface area contributed by atoms with Gasteiger partial charge in [0.25, 0.3) is 5.91 Å². The molecule has 2 unspecified atom stereocenters. The largest absolute Gasteiger partial charge is 0.339 e. The monoisotopic (exact) mass is 394 g/mol. The molecule has 2 aromatic heterocycles. The molecule has 1 amide bonds. The molecule has 29 heavy (non-hydrogen) atoms. The van der Waals surface area contributed by atoms with E-state index in [1.165, 1.54) is 0 Å². The van der Waals surface area contributed by atoms with Crippen molar-refractivity contribution < 1.29 is 4.79 Å². The Bertz CT molecular complexity index is 849. The van der Waals surface area contributed by atoms with Gasteiger partial charge < -0.3 is 4.90 Å². The van der Waals surface area contributed by atoms with Crippen molar-refractivity contribution in [3.05, 3.63) is 53.4 Å². The minimum absolute atomic E-state index is 0.123. The lowest BCUT2D eigenvalue weighted by atomic mass is 9.81. The lowest BCUT2D eigenvalue weighted by Crippen LogP contribution is -2.46. The van der Waals surface area contributed by atoms with Gasteiger partial charge in [-0.15, -0.1) is 0 Å². The summed E-state index contributed by atoms with van der Waals surface area (Å²) >= 11 is 0. The number of aryl methyl sites for hydroxylation is 2. The minimum Gasteiger partial charge on any atom is -0.339 e. The highest BCUT2D eigenvalue weighted by atomic mass is 16.2. The second kappa shape index (κ2) is 8.97. The van der Waals surface area contributed by atoms with Crippen LogP contribution in [0.3, 0.4) is 0 Å². The van der Waals surface area contributed by atoms with E-state index in [9.17, 15) is 4.79 Å². The lowest BCUT2D eigenvalue weighted by Gasteiger charge is -2.36. The highest BCUT2D eigenvalue weighted by molar-refractivity contribution is 5.95. The molecular weight excluding hydrogens is 364 g/mol. The topological polar surface area (TPSA) is 83.0 Å². The van der Waals surface area contributed by atoms with Gasteiger partial charge in [-0.1, -0.05) is 6.92 Å². The van der Waals surface area contributed by atoms with E-state index in [0.29, 0.717) is 17.9 Å². The fraction of sp³-hybridized carbons (Fsp3) is 0.545. The summed E-state index contributed by atoms with van der Waals surface area (Å²) in [6, 6.07) is 4.21. The van der Waals surface area contributed by atoms with Crippen LogP contribution in [-0.4, -0.2) is 51.4 Å². The van der Waals surface area contributed by atoms with Crippen molar-refractivity contribution in [2.75, 3.05) is 19.6 Å². The summed E-state index contributed by atoms with van der Waals surface area (Å²) in [6.07, 6.45) is 9.31. The number of hydrazine groups is 1. The number of nitrogens with one attached hydrogen (secondary N) is 2. The van der Waals surface area contributed by atoms with Gasteiger partial charge >= 0.3 is 0 Å². The van der Waals surface area contributed by atoms with E-state index in [1.807, 2.05) is 24.1 Å².